The molecule has 0 saturated carbocycles. The smallest absolute Gasteiger partial charge is 0.283 e. The highest BCUT2D eigenvalue weighted by molar-refractivity contribution is 9.10. The molecule has 2 aromatic rings. The number of halogens is 1. The third-order valence-corrected chi connectivity index (χ3v) is 6.39. The van der Waals surface area contributed by atoms with Gasteiger partial charge in [0.1, 0.15) is 5.04 Å². The molecule has 8 heteroatoms. The van der Waals surface area contributed by atoms with Gasteiger partial charge in [0.15, 0.2) is 5.84 Å². The number of carbonyl (C=O) groups excluding carboxylic acids is 1. The molecule has 0 aliphatic carbocycles. The van der Waals surface area contributed by atoms with Crippen LogP contribution in [0.5, 0.6) is 0 Å². The van der Waals surface area contributed by atoms with Crippen molar-refractivity contribution in [2.45, 2.75) is 34.1 Å². The van der Waals surface area contributed by atoms with E-state index in [1.807, 2.05) is 44.2 Å². The van der Waals surface area contributed by atoms with Gasteiger partial charge in [-0.3, -0.25) is 10.2 Å². The predicted molar refractivity (Wildman–Crippen MR) is 127 cm³/mol. The van der Waals surface area contributed by atoms with Crippen LogP contribution in [0.3, 0.4) is 0 Å². The van der Waals surface area contributed by atoms with Gasteiger partial charge in [0, 0.05) is 28.0 Å². The van der Waals surface area contributed by atoms with Crippen LogP contribution in [0.1, 0.15) is 37.2 Å². The van der Waals surface area contributed by atoms with Crippen molar-refractivity contribution < 1.29 is 4.79 Å². The lowest BCUT2D eigenvalue weighted by Gasteiger charge is -2.20. The fraction of sp³-hybridized carbons (Fsp3) is 0.273. The van der Waals surface area contributed by atoms with Crippen LogP contribution in [0.15, 0.2) is 50.5 Å². The van der Waals surface area contributed by atoms with Crippen LogP contribution in [-0.2, 0) is 4.79 Å². The van der Waals surface area contributed by atoms with Crippen LogP contribution in [0.2, 0.25) is 0 Å². The monoisotopic (exact) mass is 483 g/mol. The Morgan fingerprint density at radius 3 is 2.60 bits per heavy atom. The van der Waals surface area contributed by atoms with Gasteiger partial charge >= 0.3 is 0 Å². The third kappa shape index (κ3) is 3.81. The molecule has 2 aliphatic heterocycles. The van der Waals surface area contributed by atoms with E-state index in [-0.39, 0.29) is 11.4 Å². The highest BCUT2D eigenvalue weighted by Crippen LogP contribution is 2.31. The van der Waals surface area contributed by atoms with Gasteiger partial charge in [0.2, 0.25) is 5.17 Å². The van der Waals surface area contributed by atoms with Gasteiger partial charge in [0.05, 0.1) is 5.57 Å². The maximum Gasteiger partial charge on any atom is 0.283 e. The average molecular weight is 484 g/mol. The predicted octanol–water partition coefficient (Wildman–Crippen LogP) is 5.52. The van der Waals surface area contributed by atoms with Crippen molar-refractivity contribution in [3.63, 3.8) is 0 Å². The van der Waals surface area contributed by atoms with Crippen LogP contribution in [0.4, 0.5) is 0 Å². The second kappa shape index (κ2) is 8.00. The van der Waals surface area contributed by atoms with Crippen molar-refractivity contribution >= 4 is 55.7 Å². The molecule has 0 unspecified atom stereocenters. The quantitative estimate of drug-likeness (QED) is 0.581. The summed E-state index contributed by atoms with van der Waals surface area (Å²) < 4.78 is 3.15. The fourth-order valence-corrected chi connectivity index (χ4v) is 4.90. The summed E-state index contributed by atoms with van der Waals surface area (Å²) >= 11 is 4.85. The summed E-state index contributed by atoms with van der Waals surface area (Å²) in [7, 11) is 0. The molecular weight excluding hydrogens is 462 g/mol. The summed E-state index contributed by atoms with van der Waals surface area (Å²) in [5.74, 6) is 0.125. The number of amidine groups is 2. The van der Waals surface area contributed by atoms with E-state index in [9.17, 15) is 4.79 Å². The maximum absolute atomic E-state index is 12.7. The molecule has 154 valence electrons. The highest BCUT2D eigenvalue weighted by atomic mass is 79.9. The number of aliphatic imine (C=N–C) groups is 1. The van der Waals surface area contributed by atoms with Crippen molar-refractivity contribution in [3.8, 4) is 5.69 Å². The Kier molecular flexibility index (Phi) is 5.55. The molecular formula is C22H22BrN5OS. The molecule has 1 amide bonds. The largest absolute Gasteiger partial charge is 0.318 e. The first-order chi connectivity index (χ1) is 14.2. The minimum absolute atomic E-state index is 0.0738. The molecule has 0 atom stereocenters. The Morgan fingerprint density at radius 2 is 1.93 bits per heavy atom. The lowest BCUT2D eigenvalue weighted by molar-refractivity contribution is -0.114. The molecule has 0 spiro atoms. The Bertz CT molecular complexity index is 1140. The molecule has 3 heterocycles. The van der Waals surface area contributed by atoms with E-state index >= 15 is 0 Å². The molecule has 1 aromatic heterocycles. The van der Waals surface area contributed by atoms with Gasteiger partial charge in [-0.05, 0) is 73.5 Å². The molecule has 6 nitrogen and oxygen atoms in total. The number of rotatable bonds is 4. The van der Waals surface area contributed by atoms with Crippen molar-refractivity contribution in [2.75, 3.05) is 0 Å². The number of nitrogens with one attached hydrogen (secondary N) is 1. The molecule has 30 heavy (non-hydrogen) atoms. The van der Waals surface area contributed by atoms with Gasteiger partial charge in [-0.1, -0.05) is 29.8 Å². The first kappa shape index (κ1) is 20.8. The van der Waals surface area contributed by atoms with Gasteiger partial charge in [0.25, 0.3) is 5.91 Å². The summed E-state index contributed by atoms with van der Waals surface area (Å²) in [4.78, 5) is 16.9. The van der Waals surface area contributed by atoms with Crippen LogP contribution < -0.4 is 0 Å². The summed E-state index contributed by atoms with van der Waals surface area (Å²) in [6, 6.07) is 10.1. The van der Waals surface area contributed by atoms with Crippen molar-refractivity contribution in [1.29, 1.82) is 5.41 Å². The summed E-state index contributed by atoms with van der Waals surface area (Å²) in [6.07, 6.45) is 2.55. The maximum atomic E-state index is 12.7. The number of hydrogen-bond donors (Lipinski definition) is 1. The zero-order chi connectivity index (χ0) is 21.6. The molecule has 0 fully saturated rings. The summed E-state index contributed by atoms with van der Waals surface area (Å²) in [5, 5.41) is 15.9. The molecule has 1 N–H and O–H groups in total. The van der Waals surface area contributed by atoms with E-state index in [0.29, 0.717) is 11.1 Å². The second-order valence-corrected chi connectivity index (χ2v) is 9.71. The highest BCUT2D eigenvalue weighted by Gasteiger charge is 2.35. The van der Waals surface area contributed by atoms with Gasteiger partial charge < -0.3 is 4.57 Å². The number of thioether (sulfide) groups is 1. The number of nitrogens with zero attached hydrogens (tertiary/aromatic N) is 4. The molecule has 1 aromatic carbocycles. The third-order valence-electron chi connectivity index (χ3n) is 4.93. The van der Waals surface area contributed by atoms with Gasteiger partial charge in [-0.15, -0.1) is 0 Å². The van der Waals surface area contributed by atoms with Gasteiger partial charge in [-0.2, -0.15) is 15.1 Å². The molecule has 4 rings (SSSR count). The topological polar surface area (TPSA) is 73.8 Å². The second-order valence-electron chi connectivity index (χ2n) is 7.75. The Balaban J connectivity index is 1.70. The molecule has 0 radical (unpaired) electrons. The first-order valence-corrected chi connectivity index (χ1v) is 11.3. The Labute approximate surface area is 188 Å². The van der Waals surface area contributed by atoms with Crippen LogP contribution in [0.25, 0.3) is 11.8 Å². The zero-order valence-electron chi connectivity index (χ0n) is 17.2. The molecule has 0 bridgehead atoms. The lowest BCUT2D eigenvalue weighted by Crippen LogP contribution is -2.35. The van der Waals surface area contributed by atoms with Crippen molar-refractivity contribution in [2.24, 2.45) is 16.0 Å². The minimum Gasteiger partial charge on any atom is -0.318 e. The van der Waals surface area contributed by atoms with Crippen molar-refractivity contribution in [1.82, 2.24) is 9.58 Å². The fourth-order valence-electron chi connectivity index (χ4n) is 3.54. The average Bonchev–Trinajstić information content (AvgIpc) is 3.19. The van der Waals surface area contributed by atoms with Gasteiger partial charge in [-0.25, -0.2) is 0 Å². The van der Waals surface area contributed by atoms with Crippen molar-refractivity contribution in [3.05, 3.63) is 57.3 Å². The number of benzene rings is 1. The molecule has 0 saturated heterocycles. The minimum atomic E-state index is -0.395. The van der Waals surface area contributed by atoms with Crippen LogP contribution in [0, 0.1) is 25.2 Å². The van der Waals surface area contributed by atoms with Crippen LogP contribution >= 0.6 is 27.7 Å². The SMILES string of the molecule is Cc1cc(/C=C2/C(=N)N3N=C(CC(C)C)SC3=NC2=O)c(C)n1-c1ccc(Br)cc1. The standard InChI is InChI=1S/C22H22BrN5OS/c1-12(2)9-19-26-28-20(24)18(21(29)25-22(28)30-19)11-15-10-13(3)27(14(15)4)17-7-5-16(23)6-8-17/h5-8,10-12,24H,9H2,1-4H3/b18-11-,24-20?. The summed E-state index contributed by atoms with van der Waals surface area (Å²) in [5.41, 5.74) is 4.24. The van der Waals surface area contributed by atoms with E-state index in [0.717, 1.165) is 38.6 Å². The Morgan fingerprint density at radius 1 is 1.23 bits per heavy atom. The number of carbonyl (C=O) groups is 1. The number of amides is 1. The van der Waals surface area contributed by atoms with E-state index in [1.54, 1.807) is 6.08 Å². The zero-order valence-corrected chi connectivity index (χ0v) is 19.6. The number of hydrazone groups is 1. The first-order valence-electron chi connectivity index (χ1n) is 9.68. The van der Waals surface area contributed by atoms with E-state index in [1.165, 1.54) is 16.8 Å². The number of aryl methyl sites for hydroxylation is 1. The number of hydrogen-bond acceptors (Lipinski definition) is 4. The number of aromatic nitrogens is 1. The van der Waals surface area contributed by atoms with E-state index in [4.69, 9.17) is 5.41 Å². The summed E-state index contributed by atoms with van der Waals surface area (Å²) in [6.45, 7) is 8.27. The normalized spacial score (nSPS) is 17.7. The number of fused-ring (bicyclic) bond motifs is 1. The lowest BCUT2D eigenvalue weighted by atomic mass is 10.1. The van der Waals surface area contributed by atoms with E-state index < -0.39 is 5.91 Å². The van der Waals surface area contributed by atoms with E-state index in [2.05, 4.69) is 44.4 Å². The van der Waals surface area contributed by atoms with Crippen LogP contribution in [-0.4, -0.2) is 31.5 Å². The Hall–Kier alpha value is -2.45. The molecule has 2 aliphatic rings.